The normalized spacial score (nSPS) is 35.0. The van der Waals surface area contributed by atoms with E-state index in [0.29, 0.717) is 0 Å². The molecule has 2 heterocycles. The molecule has 104 valence electrons. The fourth-order valence-electron chi connectivity index (χ4n) is 3.64. The van der Waals surface area contributed by atoms with Gasteiger partial charge in [-0.15, -0.1) is 0 Å². The Hall–Kier alpha value is -0.120. The second-order valence-electron chi connectivity index (χ2n) is 6.50. The number of nitrogens with one attached hydrogen (secondary N) is 1. The summed E-state index contributed by atoms with van der Waals surface area (Å²) in [5.74, 6) is 1.66. The van der Waals surface area contributed by atoms with Gasteiger partial charge >= 0.3 is 0 Å². The van der Waals surface area contributed by atoms with Gasteiger partial charge in [-0.3, -0.25) is 4.90 Å². The molecule has 1 saturated carbocycles. The van der Waals surface area contributed by atoms with Crippen LogP contribution in [0.25, 0.3) is 0 Å². The number of hydrogen-bond donors (Lipinski definition) is 1. The van der Waals surface area contributed by atoms with Crippen LogP contribution in [0.15, 0.2) is 0 Å². The van der Waals surface area contributed by atoms with E-state index in [1.165, 1.54) is 51.7 Å². The van der Waals surface area contributed by atoms with Gasteiger partial charge in [-0.2, -0.15) is 0 Å². The lowest BCUT2D eigenvalue weighted by molar-refractivity contribution is 0.101. The van der Waals surface area contributed by atoms with Crippen molar-refractivity contribution in [1.29, 1.82) is 0 Å². The largest absolute Gasteiger partial charge is 0.381 e. The first kappa shape index (κ1) is 12.9. The minimum atomic E-state index is 0.724. The van der Waals surface area contributed by atoms with Crippen molar-refractivity contribution in [2.24, 2.45) is 11.8 Å². The second kappa shape index (κ2) is 5.89. The molecule has 0 amide bonds. The van der Waals surface area contributed by atoms with Crippen molar-refractivity contribution in [1.82, 2.24) is 10.2 Å². The molecule has 0 bridgehead atoms. The van der Waals surface area contributed by atoms with Crippen molar-refractivity contribution in [3.05, 3.63) is 0 Å². The molecule has 3 unspecified atom stereocenters. The average Bonchev–Trinajstić information content (AvgIpc) is 3.10. The predicted octanol–water partition coefficient (Wildman–Crippen LogP) is 1.88. The minimum absolute atomic E-state index is 0.724. The third-order valence-electron chi connectivity index (χ3n) is 5.05. The van der Waals surface area contributed by atoms with Gasteiger partial charge in [0.05, 0.1) is 6.61 Å². The first-order valence-corrected chi connectivity index (χ1v) is 7.89. The Balaban J connectivity index is 1.56. The first-order chi connectivity index (χ1) is 8.84. The third-order valence-corrected chi connectivity index (χ3v) is 5.05. The molecule has 3 nitrogen and oxygen atoms in total. The quantitative estimate of drug-likeness (QED) is 0.808. The molecule has 1 aliphatic carbocycles. The van der Waals surface area contributed by atoms with Crippen molar-refractivity contribution in [2.75, 3.05) is 32.8 Å². The average molecular weight is 252 g/mol. The van der Waals surface area contributed by atoms with E-state index in [1.54, 1.807) is 0 Å². The van der Waals surface area contributed by atoms with E-state index in [4.69, 9.17) is 4.74 Å². The number of rotatable bonds is 5. The Morgan fingerprint density at radius 1 is 1.28 bits per heavy atom. The topological polar surface area (TPSA) is 24.5 Å². The molecule has 3 rings (SSSR count). The predicted molar refractivity (Wildman–Crippen MR) is 73.7 cm³/mol. The van der Waals surface area contributed by atoms with Gasteiger partial charge in [0.25, 0.3) is 0 Å². The summed E-state index contributed by atoms with van der Waals surface area (Å²) in [5, 5.41) is 3.56. The van der Waals surface area contributed by atoms with Gasteiger partial charge in [0.15, 0.2) is 0 Å². The van der Waals surface area contributed by atoms with Gasteiger partial charge in [0, 0.05) is 25.2 Å². The van der Waals surface area contributed by atoms with E-state index in [2.05, 4.69) is 17.1 Å². The number of piperidine rings is 1. The molecule has 1 N–H and O–H groups in total. The number of hydrogen-bond acceptors (Lipinski definition) is 3. The van der Waals surface area contributed by atoms with Crippen LogP contribution in [0.3, 0.4) is 0 Å². The van der Waals surface area contributed by atoms with Crippen LogP contribution in [-0.2, 0) is 4.74 Å². The van der Waals surface area contributed by atoms with Gasteiger partial charge in [0.2, 0.25) is 0 Å². The van der Waals surface area contributed by atoms with E-state index in [1.807, 2.05) is 0 Å². The molecule has 2 saturated heterocycles. The van der Waals surface area contributed by atoms with E-state index in [0.717, 1.165) is 37.1 Å². The fourth-order valence-corrected chi connectivity index (χ4v) is 3.64. The molecule has 18 heavy (non-hydrogen) atoms. The maximum atomic E-state index is 5.58. The van der Waals surface area contributed by atoms with Crippen LogP contribution in [0.1, 0.15) is 39.0 Å². The van der Waals surface area contributed by atoms with Crippen LogP contribution in [0.4, 0.5) is 0 Å². The SMILES string of the molecule is CC(C1CCOC1)N(CC1CCCNC1)C1CC1. The van der Waals surface area contributed by atoms with Gasteiger partial charge in [-0.1, -0.05) is 0 Å². The summed E-state index contributed by atoms with van der Waals surface area (Å²) in [5.41, 5.74) is 0. The second-order valence-corrected chi connectivity index (χ2v) is 6.50. The van der Waals surface area contributed by atoms with Crippen molar-refractivity contribution < 1.29 is 4.74 Å². The first-order valence-electron chi connectivity index (χ1n) is 7.89. The highest BCUT2D eigenvalue weighted by atomic mass is 16.5. The zero-order valence-corrected chi connectivity index (χ0v) is 11.7. The van der Waals surface area contributed by atoms with Crippen LogP contribution in [0.2, 0.25) is 0 Å². The smallest absolute Gasteiger partial charge is 0.0509 e. The highest BCUT2D eigenvalue weighted by Gasteiger charge is 2.37. The number of ether oxygens (including phenoxy) is 1. The lowest BCUT2D eigenvalue weighted by atomic mass is 9.94. The van der Waals surface area contributed by atoms with Crippen molar-refractivity contribution >= 4 is 0 Å². The molecule has 0 aromatic rings. The Morgan fingerprint density at radius 2 is 2.17 bits per heavy atom. The molecule has 3 atom stereocenters. The number of nitrogens with zero attached hydrogens (tertiary/aromatic N) is 1. The van der Waals surface area contributed by atoms with Crippen LogP contribution in [-0.4, -0.2) is 49.8 Å². The summed E-state index contributed by atoms with van der Waals surface area (Å²) in [6, 6.07) is 1.62. The minimum Gasteiger partial charge on any atom is -0.381 e. The Labute approximate surface area is 111 Å². The molecule has 2 aliphatic heterocycles. The molecule has 0 aromatic heterocycles. The molecular weight excluding hydrogens is 224 g/mol. The molecule has 0 spiro atoms. The zero-order valence-electron chi connectivity index (χ0n) is 11.7. The molecule has 0 radical (unpaired) electrons. The Morgan fingerprint density at radius 3 is 2.78 bits per heavy atom. The van der Waals surface area contributed by atoms with Crippen LogP contribution < -0.4 is 5.32 Å². The van der Waals surface area contributed by atoms with Gasteiger partial charge in [0.1, 0.15) is 0 Å². The van der Waals surface area contributed by atoms with E-state index in [-0.39, 0.29) is 0 Å². The van der Waals surface area contributed by atoms with Gasteiger partial charge in [-0.05, 0) is 64.0 Å². The summed E-state index contributed by atoms with van der Waals surface area (Å²) in [7, 11) is 0. The zero-order chi connectivity index (χ0) is 12.4. The van der Waals surface area contributed by atoms with Crippen LogP contribution >= 0.6 is 0 Å². The fraction of sp³-hybridized carbons (Fsp3) is 1.00. The van der Waals surface area contributed by atoms with Crippen LogP contribution in [0, 0.1) is 11.8 Å². The Kier molecular flexibility index (Phi) is 4.22. The Bertz CT molecular complexity index is 255. The van der Waals surface area contributed by atoms with Crippen LogP contribution in [0.5, 0.6) is 0 Å². The standard InChI is InChI=1S/C15H28N2O/c1-12(14-6-8-18-11-14)17(15-4-5-15)10-13-3-2-7-16-9-13/h12-16H,2-11H2,1H3. The molecule has 3 heteroatoms. The van der Waals surface area contributed by atoms with E-state index in [9.17, 15) is 0 Å². The highest BCUT2D eigenvalue weighted by molar-refractivity contribution is 4.92. The summed E-state index contributed by atoms with van der Waals surface area (Å²) in [6.45, 7) is 8.19. The maximum Gasteiger partial charge on any atom is 0.0509 e. The molecular formula is C15H28N2O. The van der Waals surface area contributed by atoms with Gasteiger partial charge in [-0.25, -0.2) is 0 Å². The van der Waals surface area contributed by atoms with Crippen molar-refractivity contribution in [3.63, 3.8) is 0 Å². The third kappa shape index (κ3) is 3.06. The van der Waals surface area contributed by atoms with Crippen molar-refractivity contribution in [3.8, 4) is 0 Å². The van der Waals surface area contributed by atoms with Crippen molar-refractivity contribution in [2.45, 2.75) is 51.1 Å². The summed E-state index contributed by atoms with van der Waals surface area (Å²) in [6.07, 6.45) is 6.91. The van der Waals surface area contributed by atoms with Gasteiger partial charge < -0.3 is 10.1 Å². The monoisotopic (exact) mass is 252 g/mol. The summed E-state index contributed by atoms with van der Waals surface area (Å²) in [4.78, 5) is 2.82. The molecule has 3 aliphatic rings. The lowest BCUT2D eigenvalue weighted by Crippen LogP contribution is -2.46. The van der Waals surface area contributed by atoms with E-state index >= 15 is 0 Å². The summed E-state index contributed by atoms with van der Waals surface area (Å²) >= 11 is 0. The van der Waals surface area contributed by atoms with E-state index < -0.39 is 0 Å². The summed E-state index contributed by atoms with van der Waals surface area (Å²) < 4.78 is 5.58. The molecule has 0 aromatic carbocycles. The molecule has 3 fully saturated rings. The maximum absolute atomic E-state index is 5.58. The lowest BCUT2D eigenvalue weighted by Gasteiger charge is -2.36. The highest BCUT2D eigenvalue weighted by Crippen LogP contribution is 2.33.